The number of nitrogens with one attached hydrogen (secondary N) is 1. The SMILES string of the molecule is CCCOCC(NC)c1ccccc1C(F)(F)F. The van der Waals surface area contributed by atoms with Gasteiger partial charge in [0.15, 0.2) is 0 Å². The van der Waals surface area contributed by atoms with Crippen LogP contribution in [0.3, 0.4) is 0 Å². The number of likely N-dealkylation sites (N-methyl/N-ethyl adjacent to an activating group) is 1. The summed E-state index contributed by atoms with van der Waals surface area (Å²) in [5.41, 5.74) is -0.381. The van der Waals surface area contributed by atoms with Gasteiger partial charge < -0.3 is 10.1 Å². The lowest BCUT2D eigenvalue weighted by Crippen LogP contribution is -2.25. The van der Waals surface area contributed by atoms with Crippen LogP contribution in [0.15, 0.2) is 24.3 Å². The van der Waals surface area contributed by atoms with Gasteiger partial charge in [0.2, 0.25) is 0 Å². The van der Waals surface area contributed by atoms with Crippen molar-refractivity contribution >= 4 is 0 Å². The Labute approximate surface area is 105 Å². The third kappa shape index (κ3) is 3.99. The largest absolute Gasteiger partial charge is 0.416 e. The van der Waals surface area contributed by atoms with Crippen molar-refractivity contribution in [2.24, 2.45) is 0 Å². The average Bonchev–Trinajstić information content (AvgIpc) is 2.34. The van der Waals surface area contributed by atoms with E-state index in [1.54, 1.807) is 13.1 Å². The van der Waals surface area contributed by atoms with E-state index in [0.29, 0.717) is 6.61 Å². The molecule has 0 heterocycles. The van der Waals surface area contributed by atoms with Crippen LogP contribution >= 0.6 is 0 Å². The van der Waals surface area contributed by atoms with Crippen molar-refractivity contribution in [3.63, 3.8) is 0 Å². The Bertz CT molecular complexity index is 365. The molecule has 0 saturated carbocycles. The smallest absolute Gasteiger partial charge is 0.379 e. The van der Waals surface area contributed by atoms with Crippen molar-refractivity contribution in [2.45, 2.75) is 25.6 Å². The first kappa shape index (κ1) is 15.0. The van der Waals surface area contributed by atoms with Gasteiger partial charge in [-0.15, -0.1) is 0 Å². The molecule has 0 aliphatic heterocycles. The van der Waals surface area contributed by atoms with Crippen LogP contribution in [0, 0.1) is 0 Å². The number of benzene rings is 1. The minimum absolute atomic E-state index is 0.226. The van der Waals surface area contributed by atoms with E-state index in [-0.39, 0.29) is 12.2 Å². The Morgan fingerprint density at radius 1 is 1.28 bits per heavy atom. The van der Waals surface area contributed by atoms with Crippen LogP contribution < -0.4 is 5.32 Å². The minimum Gasteiger partial charge on any atom is -0.379 e. The summed E-state index contributed by atoms with van der Waals surface area (Å²) in [6.45, 7) is 2.74. The summed E-state index contributed by atoms with van der Waals surface area (Å²) in [7, 11) is 1.63. The van der Waals surface area contributed by atoms with Crippen LogP contribution in [0.25, 0.3) is 0 Å². The summed E-state index contributed by atoms with van der Waals surface area (Å²) >= 11 is 0. The Hall–Kier alpha value is -1.07. The summed E-state index contributed by atoms with van der Waals surface area (Å²) in [5, 5.41) is 2.86. The monoisotopic (exact) mass is 261 g/mol. The van der Waals surface area contributed by atoms with E-state index < -0.39 is 17.8 Å². The molecule has 1 unspecified atom stereocenters. The zero-order valence-electron chi connectivity index (χ0n) is 10.6. The zero-order chi connectivity index (χ0) is 13.6. The van der Waals surface area contributed by atoms with Gasteiger partial charge in [-0.3, -0.25) is 0 Å². The van der Waals surface area contributed by atoms with Gasteiger partial charge in [0.25, 0.3) is 0 Å². The lowest BCUT2D eigenvalue weighted by atomic mass is 10.0. The number of hydrogen-bond acceptors (Lipinski definition) is 2. The highest BCUT2D eigenvalue weighted by molar-refractivity contribution is 5.32. The van der Waals surface area contributed by atoms with E-state index in [9.17, 15) is 13.2 Å². The second-order valence-corrected chi connectivity index (χ2v) is 4.00. The molecular formula is C13H18F3NO. The van der Waals surface area contributed by atoms with Crippen molar-refractivity contribution in [1.82, 2.24) is 5.32 Å². The Morgan fingerprint density at radius 2 is 1.94 bits per heavy atom. The summed E-state index contributed by atoms with van der Waals surface area (Å²) in [6.07, 6.45) is -3.49. The molecule has 1 aromatic rings. The van der Waals surface area contributed by atoms with Gasteiger partial charge in [-0.05, 0) is 25.1 Å². The Balaban J connectivity index is 2.91. The molecule has 0 saturated heterocycles. The number of halogens is 3. The molecule has 1 rings (SSSR count). The highest BCUT2D eigenvalue weighted by Crippen LogP contribution is 2.34. The fraction of sp³-hybridized carbons (Fsp3) is 0.538. The van der Waals surface area contributed by atoms with Gasteiger partial charge in [0.1, 0.15) is 0 Å². The summed E-state index contributed by atoms with van der Waals surface area (Å²) in [5.74, 6) is 0. The van der Waals surface area contributed by atoms with Crippen molar-refractivity contribution in [2.75, 3.05) is 20.3 Å². The molecule has 1 aromatic carbocycles. The highest BCUT2D eigenvalue weighted by atomic mass is 19.4. The van der Waals surface area contributed by atoms with E-state index in [4.69, 9.17) is 4.74 Å². The van der Waals surface area contributed by atoms with Crippen molar-refractivity contribution in [3.05, 3.63) is 35.4 Å². The van der Waals surface area contributed by atoms with Crippen molar-refractivity contribution in [3.8, 4) is 0 Å². The van der Waals surface area contributed by atoms with Crippen LogP contribution in [-0.4, -0.2) is 20.3 Å². The molecule has 102 valence electrons. The van der Waals surface area contributed by atoms with E-state index >= 15 is 0 Å². The van der Waals surface area contributed by atoms with Crippen molar-refractivity contribution < 1.29 is 17.9 Å². The molecule has 0 aliphatic rings. The van der Waals surface area contributed by atoms with Crippen molar-refractivity contribution in [1.29, 1.82) is 0 Å². The Kier molecular flexibility index (Phi) is 5.62. The maximum Gasteiger partial charge on any atom is 0.416 e. The molecule has 0 amide bonds. The summed E-state index contributed by atoms with van der Waals surface area (Å²) < 4.78 is 43.9. The normalized spacial score (nSPS) is 13.6. The average molecular weight is 261 g/mol. The molecule has 0 aliphatic carbocycles. The lowest BCUT2D eigenvalue weighted by Gasteiger charge is -2.21. The van der Waals surface area contributed by atoms with Crippen LogP contribution in [0.1, 0.15) is 30.5 Å². The lowest BCUT2D eigenvalue weighted by molar-refractivity contribution is -0.138. The molecule has 0 aromatic heterocycles. The van der Waals surface area contributed by atoms with E-state index in [2.05, 4.69) is 5.32 Å². The molecule has 2 nitrogen and oxygen atoms in total. The minimum atomic E-state index is -4.34. The topological polar surface area (TPSA) is 21.3 Å². The van der Waals surface area contributed by atoms with Crippen LogP contribution in [0.2, 0.25) is 0 Å². The van der Waals surface area contributed by atoms with Crippen LogP contribution in [0.5, 0.6) is 0 Å². The maximum atomic E-state index is 12.9. The number of hydrogen-bond donors (Lipinski definition) is 1. The first-order valence-electron chi connectivity index (χ1n) is 5.91. The molecule has 0 radical (unpaired) electrons. The van der Waals surface area contributed by atoms with Crippen LogP contribution in [0.4, 0.5) is 13.2 Å². The number of alkyl halides is 3. The van der Waals surface area contributed by atoms with Gasteiger partial charge in [-0.1, -0.05) is 25.1 Å². The zero-order valence-corrected chi connectivity index (χ0v) is 10.6. The van der Waals surface area contributed by atoms with Gasteiger partial charge in [0.05, 0.1) is 18.2 Å². The van der Waals surface area contributed by atoms with E-state index in [1.807, 2.05) is 6.92 Å². The van der Waals surface area contributed by atoms with E-state index in [1.165, 1.54) is 12.1 Å². The second-order valence-electron chi connectivity index (χ2n) is 4.00. The quantitative estimate of drug-likeness (QED) is 0.792. The fourth-order valence-electron chi connectivity index (χ4n) is 1.73. The van der Waals surface area contributed by atoms with Gasteiger partial charge in [-0.2, -0.15) is 13.2 Å². The second kappa shape index (κ2) is 6.75. The summed E-state index contributed by atoms with van der Waals surface area (Å²) in [4.78, 5) is 0. The number of ether oxygens (including phenoxy) is 1. The predicted molar refractivity (Wildman–Crippen MR) is 64.4 cm³/mol. The molecule has 1 atom stereocenters. The van der Waals surface area contributed by atoms with Gasteiger partial charge >= 0.3 is 6.18 Å². The van der Waals surface area contributed by atoms with Crippen LogP contribution in [-0.2, 0) is 10.9 Å². The first-order chi connectivity index (χ1) is 8.50. The standard InChI is InChI=1S/C13H18F3NO/c1-3-8-18-9-12(17-2)10-6-4-5-7-11(10)13(14,15)16/h4-7,12,17H,3,8-9H2,1-2H3. The molecule has 0 spiro atoms. The van der Waals surface area contributed by atoms with Gasteiger partial charge in [0, 0.05) is 6.61 Å². The highest BCUT2D eigenvalue weighted by Gasteiger charge is 2.34. The first-order valence-corrected chi connectivity index (χ1v) is 5.91. The predicted octanol–water partition coefficient (Wildman–Crippen LogP) is 3.39. The maximum absolute atomic E-state index is 12.9. The third-order valence-corrected chi connectivity index (χ3v) is 2.62. The number of rotatable bonds is 6. The van der Waals surface area contributed by atoms with Gasteiger partial charge in [-0.25, -0.2) is 0 Å². The molecule has 0 fully saturated rings. The molecule has 18 heavy (non-hydrogen) atoms. The third-order valence-electron chi connectivity index (χ3n) is 2.62. The Morgan fingerprint density at radius 3 is 2.50 bits per heavy atom. The molecule has 1 N–H and O–H groups in total. The fourth-order valence-corrected chi connectivity index (χ4v) is 1.73. The molecule has 5 heteroatoms. The van der Waals surface area contributed by atoms with E-state index in [0.717, 1.165) is 12.5 Å². The molecular weight excluding hydrogens is 243 g/mol. The summed E-state index contributed by atoms with van der Waals surface area (Å²) in [6, 6.07) is 5.13. The molecule has 0 bridgehead atoms.